The van der Waals surface area contributed by atoms with E-state index in [1.54, 1.807) is 7.11 Å². The average molecular weight is 338 g/mol. The summed E-state index contributed by atoms with van der Waals surface area (Å²) in [7, 11) is 1.60. The van der Waals surface area contributed by atoms with Crippen molar-refractivity contribution in [2.45, 2.75) is 44.6 Å². The third kappa shape index (κ3) is 2.99. The van der Waals surface area contributed by atoms with E-state index in [0.717, 1.165) is 48.6 Å². The number of ether oxygens (including phenoxy) is 1. The zero-order chi connectivity index (χ0) is 14.6. The van der Waals surface area contributed by atoms with E-state index in [-0.39, 0.29) is 0 Å². The Morgan fingerprint density at radius 2 is 1.95 bits per heavy atom. The van der Waals surface area contributed by atoms with Crippen molar-refractivity contribution >= 4 is 15.9 Å². The van der Waals surface area contributed by atoms with Crippen molar-refractivity contribution in [3.8, 4) is 11.8 Å². The summed E-state index contributed by atoms with van der Waals surface area (Å²) in [6.07, 6.45) is 5.04. The van der Waals surface area contributed by atoms with Crippen LogP contribution < -0.4 is 4.74 Å². The minimum atomic E-state index is -0.782. The molecule has 0 spiro atoms. The van der Waals surface area contributed by atoms with Gasteiger partial charge in [0.2, 0.25) is 0 Å². The highest BCUT2D eigenvalue weighted by Gasteiger charge is 2.40. The molecule has 4 heteroatoms. The molecule has 0 amide bonds. The molecule has 0 radical (unpaired) electrons. The number of nitriles is 1. The van der Waals surface area contributed by atoms with E-state index in [4.69, 9.17) is 4.74 Å². The highest BCUT2D eigenvalue weighted by molar-refractivity contribution is 9.10. The van der Waals surface area contributed by atoms with Gasteiger partial charge in [-0.05, 0) is 36.6 Å². The second-order valence-corrected chi connectivity index (χ2v) is 6.33. The summed E-state index contributed by atoms with van der Waals surface area (Å²) in [5, 5.41) is 20.5. The molecule has 108 valence electrons. The molecule has 0 aliphatic heterocycles. The van der Waals surface area contributed by atoms with Gasteiger partial charge in [-0.25, -0.2) is 0 Å². The molecule has 3 nitrogen and oxygen atoms in total. The van der Waals surface area contributed by atoms with Crippen LogP contribution in [0.25, 0.3) is 0 Å². The van der Waals surface area contributed by atoms with Crippen molar-refractivity contribution in [3.05, 3.63) is 28.2 Å². The summed E-state index contributed by atoms with van der Waals surface area (Å²) < 4.78 is 6.05. The standard InChI is InChI=1S/C16H20BrNO2/c1-20-12-6-7-14(17)13(10-12)15(19)16(11-18)8-4-2-3-5-9-16/h6-7,10,15,19H,2-5,8-9H2,1H3. The van der Waals surface area contributed by atoms with Crippen molar-refractivity contribution < 1.29 is 9.84 Å². The van der Waals surface area contributed by atoms with Gasteiger partial charge in [0.05, 0.1) is 24.7 Å². The first-order valence-corrected chi connectivity index (χ1v) is 7.85. The van der Waals surface area contributed by atoms with E-state index in [0.29, 0.717) is 5.75 Å². The van der Waals surface area contributed by atoms with Gasteiger partial charge in [0.25, 0.3) is 0 Å². The van der Waals surface area contributed by atoms with Gasteiger partial charge in [-0.15, -0.1) is 0 Å². The van der Waals surface area contributed by atoms with E-state index >= 15 is 0 Å². The van der Waals surface area contributed by atoms with Gasteiger partial charge in [0.15, 0.2) is 0 Å². The van der Waals surface area contributed by atoms with Crippen LogP contribution in [0.2, 0.25) is 0 Å². The summed E-state index contributed by atoms with van der Waals surface area (Å²) in [6.45, 7) is 0. The van der Waals surface area contributed by atoms with Crippen LogP contribution >= 0.6 is 15.9 Å². The number of nitrogens with zero attached hydrogens (tertiary/aromatic N) is 1. The first-order valence-electron chi connectivity index (χ1n) is 7.06. The van der Waals surface area contributed by atoms with Crippen LogP contribution in [-0.2, 0) is 0 Å². The van der Waals surface area contributed by atoms with Gasteiger partial charge in [0, 0.05) is 4.47 Å². The van der Waals surface area contributed by atoms with Crippen LogP contribution in [0.3, 0.4) is 0 Å². The largest absolute Gasteiger partial charge is 0.497 e. The molecule has 0 heterocycles. The topological polar surface area (TPSA) is 53.2 Å². The van der Waals surface area contributed by atoms with Crippen LogP contribution in [0.1, 0.15) is 50.2 Å². The molecule has 1 aliphatic rings. The highest BCUT2D eigenvalue weighted by atomic mass is 79.9. The number of halogens is 1. The molecule has 1 saturated carbocycles. The van der Waals surface area contributed by atoms with Gasteiger partial charge in [-0.1, -0.05) is 41.6 Å². The molecular weight excluding hydrogens is 318 g/mol. The normalized spacial score (nSPS) is 19.7. The molecule has 1 N–H and O–H groups in total. The second kappa shape index (κ2) is 6.60. The van der Waals surface area contributed by atoms with Gasteiger partial charge < -0.3 is 9.84 Å². The molecule has 1 atom stereocenters. The smallest absolute Gasteiger partial charge is 0.119 e. The number of benzene rings is 1. The molecule has 2 rings (SSSR count). The summed E-state index contributed by atoms with van der Waals surface area (Å²) in [6, 6.07) is 7.93. The number of methoxy groups -OCH3 is 1. The molecule has 1 aliphatic carbocycles. The first kappa shape index (κ1) is 15.3. The molecular formula is C16H20BrNO2. The molecule has 0 saturated heterocycles. The molecule has 1 unspecified atom stereocenters. The molecule has 1 aromatic rings. The lowest BCUT2D eigenvalue weighted by Gasteiger charge is -2.31. The average Bonchev–Trinajstić information content (AvgIpc) is 2.73. The summed E-state index contributed by atoms with van der Waals surface area (Å²) in [5.74, 6) is 0.698. The van der Waals surface area contributed by atoms with E-state index in [9.17, 15) is 10.4 Å². The zero-order valence-corrected chi connectivity index (χ0v) is 13.3. The monoisotopic (exact) mass is 337 g/mol. The number of hydrogen-bond acceptors (Lipinski definition) is 3. The Morgan fingerprint density at radius 3 is 2.50 bits per heavy atom. The van der Waals surface area contributed by atoms with Crippen molar-refractivity contribution in [2.75, 3.05) is 7.11 Å². The number of aliphatic hydroxyl groups excluding tert-OH is 1. The fourth-order valence-electron chi connectivity index (χ4n) is 2.96. The Labute approximate surface area is 128 Å². The first-order chi connectivity index (χ1) is 9.63. The maximum atomic E-state index is 10.8. The van der Waals surface area contributed by atoms with Crippen molar-refractivity contribution in [2.24, 2.45) is 5.41 Å². The van der Waals surface area contributed by atoms with Gasteiger partial charge in [-0.2, -0.15) is 5.26 Å². The molecule has 0 bridgehead atoms. The van der Waals surface area contributed by atoms with E-state index in [2.05, 4.69) is 22.0 Å². The number of hydrogen-bond donors (Lipinski definition) is 1. The van der Waals surface area contributed by atoms with Crippen LogP contribution in [0, 0.1) is 16.7 Å². The van der Waals surface area contributed by atoms with Crippen LogP contribution in [0.4, 0.5) is 0 Å². The Hall–Kier alpha value is -1.05. The SMILES string of the molecule is COc1ccc(Br)c(C(O)C2(C#N)CCCCCC2)c1. The lowest BCUT2D eigenvalue weighted by molar-refractivity contribution is 0.0509. The lowest BCUT2D eigenvalue weighted by atomic mass is 9.74. The highest BCUT2D eigenvalue weighted by Crippen LogP contribution is 2.46. The molecule has 1 aromatic carbocycles. The molecule has 0 aromatic heterocycles. The minimum absolute atomic E-state index is 0.675. The zero-order valence-electron chi connectivity index (χ0n) is 11.7. The summed E-state index contributed by atoms with van der Waals surface area (Å²) in [5.41, 5.74) is 0.0681. The Kier molecular flexibility index (Phi) is 5.06. The third-order valence-electron chi connectivity index (χ3n) is 4.24. The van der Waals surface area contributed by atoms with Crippen molar-refractivity contribution in [1.29, 1.82) is 5.26 Å². The fourth-order valence-corrected chi connectivity index (χ4v) is 3.43. The summed E-state index contributed by atoms with van der Waals surface area (Å²) in [4.78, 5) is 0. The summed E-state index contributed by atoms with van der Waals surface area (Å²) >= 11 is 3.47. The lowest BCUT2D eigenvalue weighted by Crippen LogP contribution is -2.27. The third-order valence-corrected chi connectivity index (χ3v) is 4.96. The van der Waals surface area contributed by atoms with Gasteiger partial charge >= 0.3 is 0 Å². The predicted octanol–water partition coefficient (Wildman–Crippen LogP) is 4.36. The van der Waals surface area contributed by atoms with Gasteiger partial charge in [0.1, 0.15) is 5.75 Å². The maximum Gasteiger partial charge on any atom is 0.119 e. The van der Waals surface area contributed by atoms with E-state index < -0.39 is 11.5 Å². The second-order valence-electron chi connectivity index (χ2n) is 5.47. The minimum Gasteiger partial charge on any atom is -0.497 e. The van der Waals surface area contributed by atoms with Crippen molar-refractivity contribution in [1.82, 2.24) is 0 Å². The number of rotatable bonds is 3. The predicted molar refractivity (Wildman–Crippen MR) is 81.4 cm³/mol. The van der Waals surface area contributed by atoms with Crippen LogP contribution in [0.15, 0.2) is 22.7 Å². The maximum absolute atomic E-state index is 10.8. The van der Waals surface area contributed by atoms with Crippen molar-refractivity contribution in [3.63, 3.8) is 0 Å². The fraction of sp³-hybridized carbons (Fsp3) is 0.562. The quantitative estimate of drug-likeness (QED) is 0.834. The Morgan fingerprint density at radius 1 is 1.30 bits per heavy atom. The van der Waals surface area contributed by atoms with E-state index in [1.165, 1.54) is 0 Å². The molecule has 1 fully saturated rings. The number of aliphatic hydroxyl groups is 1. The van der Waals surface area contributed by atoms with Crippen LogP contribution in [0.5, 0.6) is 5.75 Å². The Bertz CT molecular complexity index is 502. The Balaban J connectivity index is 2.37. The molecule has 20 heavy (non-hydrogen) atoms. The van der Waals surface area contributed by atoms with Gasteiger partial charge in [-0.3, -0.25) is 0 Å². The van der Waals surface area contributed by atoms with Crippen LogP contribution in [-0.4, -0.2) is 12.2 Å². The van der Waals surface area contributed by atoms with E-state index in [1.807, 2.05) is 18.2 Å².